The van der Waals surface area contributed by atoms with Crippen LogP contribution in [-0.2, 0) is 0 Å². The summed E-state index contributed by atoms with van der Waals surface area (Å²) in [5.41, 5.74) is 1.83. The summed E-state index contributed by atoms with van der Waals surface area (Å²) >= 11 is 0. The van der Waals surface area contributed by atoms with E-state index in [-0.39, 0.29) is 5.82 Å². The average Bonchev–Trinajstić information content (AvgIpc) is 2.34. The van der Waals surface area contributed by atoms with Gasteiger partial charge in [-0.1, -0.05) is 0 Å². The zero-order valence-corrected chi connectivity index (χ0v) is 4.46. The molecule has 0 unspecified atom stereocenters. The molecule has 0 saturated carbocycles. The molecular formula is C4H5N3O2. The molecule has 9 heavy (non-hydrogen) atoms. The Labute approximate surface area is 50.6 Å². The number of aromatic amines is 1. The molecule has 0 fully saturated rings. The minimum absolute atomic E-state index is 0.187. The maximum atomic E-state index is 9.75. The summed E-state index contributed by atoms with van der Waals surface area (Å²) in [4.78, 5) is 12.2. The first kappa shape index (κ1) is 5.77. The average molecular weight is 127 g/mol. The van der Waals surface area contributed by atoms with Crippen LogP contribution in [-0.4, -0.2) is 10.2 Å². The van der Waals surface area contributed by atoms with Crippen LogP contribution in [0.4, 0.5) is 11.6 Å². The molecule has 0 atom stereocenters. The number of hydrogen-bond acceptors (Lipinski definition) is 4. The standard InChI is InChI=1S/C4H5N3O2/c8-6-3-1-2-4(5-3)7-9/h1-2,5-6,8H. The normalized spacial score (nSPS) is 9.00. The van der Waals surface area contributed by atoms with Crippen molar-refractivity contribution in [1.29, 1.82) is 0 Å². The third kappa shape index (κ3) is 1.06. The SMILES string of the molecule is O=Nc1ccc(NO)[nH]1. The van der Waals surface area contributed by atoms with E-state index in [9.17, 15) is 4.91 Å². The van der Waals surface area contributed by atoms with Crippen LogP contribution < -0.4 is 5.48 Å². The zero-order chi connectivity index (χ0) is 6.69. The Morgan fingerprint density at radius 1 is 1.67 bits per heavy atom. The molecular weight excluding hydrogens is 122 g/mol. The summed E-state index contributed by atoms with van der Waals surface area (Å²) in [6.07, 6.45) is 0. The fourth-order valence-electron chi connectivity index (χ4n) is 0.502. The Bertz CT molecular complexity index is 207. The second-order valence-electron chi connectivity index (χ2n) is 1.46. The van der Waals surface area contributed by atoms with Crippen LogP contribution in [0.5, 0.6) is 0 Å². The maximum absolute atomic E-state index is 9.75. The van der Waals surface area contributed by atoms with E-state index in [0.29, 0.717) is 5.82 Å². The highest BCUT2D eigenvalue weighted by Gasteiger charge is 1.93. The van der Waals surface area contributed by atoms with Gasteiger partial charge < -0.3 is 4.98 Å². The second kappa shape index (κ2) is 2.27. The van der Waals surface area contributed by atoms with Crippen molar-refractivity contribution in [3.8, 4) is 0 Å². The van der Waals surface area contributed by atoms with Gasteiger partial charge in [0, 0.05) is 0 Å². The Morgan fingerprint density at radius 3 is 2.78 bits per heavy atom. The van der Waals surface area contributed by atoms with Crippen molar-refractivity contribution in [1.82, 2.24) is 4.98 Å². The molecule has 5 nitrogen and oxygen atoms in total. The van der Waals surface area contributed by atoms with E-state index >= 15 is 0 Å². The fourth-order valence-corrected chi connectivity index (χ4v) is 0.502. The number of nitroso groups, excluding NO2 is 1. The number of nitrogens with zero attached hydrogens (tertiary/aromatic N) is 1. The summed E-state index contributed by atoms with van der Waals surface area (Å²) < 4.78 is 0. The van der Waals surface area contributed by atoms with Crippen LogP contribution in [0.3, 0.4) is 0 Å². The van der Waals surface area contributed by atoms with Crippen molar-refractivity contribution in [2.75, 3.05) is 5.48 Å². The van der Waals surface area contributed by atoms with E-state index in [0.717, 1.165) is 0 Å². The van der Waals surface area contributed by atoms with Crippen molar-refractivity contribution in [3.63, 3.8) is 0 Å². The predicted octanol–water partition coefficient (Wildman–Crippen LogP) is 1.21. The first-order chi connectivity index (χ1) is 4.36. The lowest BCUT2D eigenvalue weighted by molar-refractivity contribution is 0.386. The Balaban J connectivity index is 2.86. The quantitative estimate of drug-likeness (QED) is 0.412. The molecule has 0 aliphatic rings. The van der Waals surface area contributed by atoms with Crippen molar-refractivity contribution in [2.45, 2.75) is 0 Å². The highest BCUT2D eigenvalue weighted by Crippen LogP contribution is 2.12. The first-order valence-corrected chi connectivity index (χ1v) is 2.29. The summed E-state index contributed by atoms with van der Waals surface area (Å²) in [6.45, 7) is 0. The van der Waals surface area contributed by atoms with Crippen molar-refractivity contribution >= 4 is 11.6 Å². The molecule has 0 spiro atoms. The molecule has 0 bridgehead atoms. The van der Waals surface area contributed by atoms with Gasteiger partial charge in [-0.05, 0) is 17.3 Å². The van der Waals surface area contributed by atoms with Gasteiger partial charge in [0.05, 0.1) is 0 Å². The number of aromatic nitrogens is 1. The number of anilines is 1. The Morgan fingerprint density at radius 2 is 2.44 bits per heavy atom. The molecule has 0 saturated heterocycles. The summed E-state index contributed by atoms with van der Waals surface area (Å²) in [5.74, 6) is 0.538. The molecule has 0 radical (unpaired) electrons. The summed E-state index contributed by atoms with van der Waals surface area (Å²) in [6, 6.07) is 2.95. The number of hydrogen-bond donors (Lipinski definition) is 3. The van der Waals surface area contributed by atoms with Crippen molar-refractivity contribution in [3.05, 3.63) is 17.0 Å². The summed E-state index contributed by atoms with van der Waals surface area (Å²) in [5, 5.41) is 10.8. The predicted molar refractivity (Wildman–Crippen MR) is 31.7 cm³/mol. The smallest absolute Gasteiger partial charge is 0.176 e. The largest absolute Gasteiger partial charge is 0.322 e. The highest BCUT2D eigenvalue weighted by atomic mass is 16.5. The fraction of sp³-hybridized carbons (Fsp3) is 0. The van der Waals surface area contributed by atoms with Gasteiger partial charge in [-0.15, -0.1) is 4.91 Å². The van der Waals surface area contributed by atoms with Gasteiger partial charge in [0.1, 0.15) is 5.82 Å². The van der Waals surface area contributed by atoms with Crippen LogP contribution in [0.2, 0.25) is 0 Å². The number of H-pyrrole nitrogens is 1. The maximum Gasteiger partial charge on any atom is 0.176 e. The van der Waals surface area contributed by atoms with Gasteiger partial charge in [-0.3, -0.25) is 10.7 Å². The van der Waals surface area contributed by atoms with E-state index in [4.69, 9.17) is 5.21 Å². The summed E-state index contributed by atoms with van der Waals surface area (Å²) in [7, 11) is 0. The molecule has 1 aromatic rings. The van der Waals surface area contributed by atoms with Gasteiger partial charge in [0.25, 0.3) is 0 Å². The van der Waals surface area contributed by atoms with Crippen LogP contribution >= 0.6 is 0 Å². The highest BCUT2D eigenvalue weighted by molar-refractivity contribution is 5.43. The molecule has 48 valence electrons. The molecule has 5 heteroatoms. The Hall–Kier alpha value is -1.36. The van der Waals surface area contributed by atoms with Crippen LogP contribution in [0.15, 0.2) is 17.3 Å². The van der Waals surface area contributed by atoms with E-state index in [2.05, 4.69) is 10.2 Å². The lowest BCUT2D eigenvalue weighted by Gasteiger charge is -1.87. The van der Waals surface area contributed by atoms with Gasteiger partial charge in [-0.2, -0.15) is 0 Å². The van der Waals surface area contributed by atoms with E-state index < -0.39 is 0 Å². The van der Waals surface area contributed by atoms with Crippen LogP contribution in [0.25, 0.3) is 0 Å². The topological polar surface area (TPSA) is 77.5 Å². The van der Waals surface area contributed by atoms with Crippen molar-refractivity contribution in [2.24, 2.45) is 5.18 Å². The molecule has 3 N–H and O–H groups in total. The molecule has 1 heterocycles. The van der Waals surface area contributed by atoms with Gasteiger partial charge in [-0.25, -0.2) is 0 Å². The minimum Gasteiger partial charge on any atom is -0.322 e. The molecule has 1 aromatic heterocycles. The zero-order valence-electron chi connectivity index (χ0n) is 4.46. The minimum atomic E-state index is 0.187. The van der Waals surface area contributed by atoms with E-state index in [1.807, 2.05) is 5.48 Å². The van der Waals surface area contributed by atoms with Gasteiger partial charge in [0.15, 0.2) is 5.82 Å². The number of rotatable bonds is 2. The van der Waals surface area contributed by atoms with Crippen LogP contribution in [0, 0.1) is 4.91 Å². The molecule has 0 aliphatic carbocycles. The van der Waals surface area contributed by atoms with Gasteiger partial charge >= 0.3 is 0 Å². The van der Waals surface area contributed by atoms with Gasteiger partial charge in [0.2, 0.25) is 0 Å². The number of nitrogens with one attached hydrogen (secondary N) is 2. The van der Waals surface area contributed by atoms with Crippen molar-refractivity contribution < 1.29 is 5.21 Å². The third-order valence-electron chi connectivity index (χ3n) is 0.889. The lowest BCUT2D eigenvalue weighted by Crippen LogP contribution is -1.86. The molecule has 0 amide bonds. The first-order valence-electron chi connectivity index (χ1n) is 2.29. The Kier molecular flexibility index (Phi) is 1.46. The third-order valence-corrected chi connectivity index (χ3v) is 0.889. The molecule has 0 aliphatic heterocycles. The van der Waals surface area contributed by atoms with E-state index in [1.165, 1.54) is 12.1 Å². The lowest BCUT2D eigenvalue weighted by atomic mass is 10.6. The second-order valence-corrected chi connectivity index (χ2v) is 1.46. The molecule has 1 rings (SSSR count). The molecule has 0 aromatic carbocycles. The van der Waals surface area contributed by atoms with Crippen LogP contribution in [0.1, 0.15) is 0 Å². The monoisotopic (exact) mass is 127 g/mol. The van der Waals surface area contributed by atoms with E-state index in [1.54, 1.807) is 0 Å².